The highest BCUT2D eigenvalue weighted by Gasteiger charge is 2.29. The van der Waals surface area contributed by atoms with Gasteiger partial charge in [0, 0.05) is 56.4 Å². The van der Waals surface area contributed by atoms with Crippen molar-refractivity contribution in [3.05, 3.63) is 35.4 Å². The van der Waals surface area contributed by atoms with Crippen LogP contribution in [0, 0.1) is 11.6 Å². The average molecular weight is 323 g/mol. The number of piperazine rings is 1. The van der Waals surface area contributed by atoms with E-state index in [-0.39, 0.29) is 6.04 Å². The van der Waals surface area contributed by atoms with Crippen LogP contribution >= 0.6 is 0 Å². The molecule has 0 aliphatic carbocycles. The fraction of sp³-hybridized carbons (Fsp3) is 0.667. The second-order valence-electron chi connectivity index (χ2n) is 6.97. The molecule has 5 heteroatoms. The number of likely N-dealkylation sites (tertiary alicyclic amines) is 1. The molecule has 0 amide bonds. The number of piperidine rings is 1. The Morgan fingerprint density at radius 3 is 2.48 bits per heavy atom. The molecule has 0 bridgehead atoms. The SMILES string of the molecule is C[C@H](c1ccc(F)cc1F)N1CCN([C@H]2CCCN(C)C2)CC1. The molecule has 23 heavy (non-hydrogen) atoms. The lowest BCUT2D eigenvalue weighted by molar-refractivity contribution is 0.0447. The Hall–Kier alpha value is -1.04. The first-order valence-electron chi connectivity index (χ1n) is 8.66. The van der Waals surface area contributed by atoms with E-state index in [9.17, 15) is 8.78 Å². The van der Waals surface area contributed by atoms with E-state index < -0.39 is 11.6 Å². The summed E-state index contributed by atoms with van der Waals surface area (Å²) in [6.45, 7) is 8.33. The van der Waals surface area contributed by atoms with Crippen LogP contribution in [0.4, 0.5) is 8.78 Å². The van der Waals surface area contributed by atoms with E-state index in [1.165, 1.54) is 25.5 Å². The fourth-order valence-electron chi connectivity index (χ4n) is 3.96. The topological polar surface area (TPSA) is 9.72 Å². The minimum atomic E-state index is -0.510. The van der Waals surface area contributed by atoms with E-state index >= 15 is 0 Å². The number of likely N-dealkylation sites (N-methyl/N-ethyl adjacent to an activating group) is 1. The summed E-state index contributed by atoms with van der Waals surface area (Å²) in [6, 6.07) is 4.57. The second-order valence-corrected chi connectivity index (χ2v) is 6.97. The van der Waals surface area contributed by atoms with E-state index in [0.29, 0.717) is 11.6 Å². The van der Waals surface area contributed by atoms with Gasteiger partial charge in [-0.25, -0.2) is 8.78 Å². The van der Waals surface area contributed by atoms with Gasteiger partial charge in [-0.1, -0.05) is 6.07 Å². The molecule has 0 unspecified atom stereocenters. The fourth-order valence-corrected chi connectivity index (χ4v) is 3.96. The quantitative estimate of drug-likeness (QED) is 0.847. The molecule has 0 saturated carbocycles. The van der Waals surface area contributed by atoms with Crippen LogP contribution in [0.5, 0.6) is 0 Å². The van der Waals surface area contributed by atoms with Crippen LogP contribution in [0.1, 0.15) is 31.4 Å². The summed E-state index contributed by atoms with van der Waals surface area (Å²) >= 11 is 0. The lowest BCUT2D eigenvalue weighted by Crippen LogP contribution is -2.54. The molecule has 0 N–H and O–H groups in total. The van der Waals surface area contributed by atoms with Crippen LogP contribution in [0.2, 0.25) is 0 Å². The zero-order valence-corrected chi connectivity index (χ0v) is 14.1. The Morgan fingerprint density at radius 1 is 1.09 bits per heavy atom. The van der Waals surface area contributed by atoms with Crippen molar-refractivity contribution in [2.24, 2.45) is 0 Å². The van der Waals surface area contributed by atoms with Gasteiger partial charge in [0.05, 0.1) is 0 Å². The lowest BCUT2D eigenvalue weighted by atomic mass is 10.0. The van der Waals surface area contributed by atoms with Gasteiger partial charge in [-0.15, -0.1) is 0 Å². The summed E-state index contributed by atoms with van der Waals surface area (Å²) in [4.78, 5) is 7.30. The Kier molecular flexibility index (Phi) is 5.29. The van der Waals surface area contributed by atoms with Crippen molar-refractivity contribution in [1.29, 1.82) is 0 Å². The predicted octanol–water partition coefficient (Wildman–Crippen LogP) is 2.74. The maximum atomic E-state index is 14.0. The van der Waals surface area contributed by atoms with Gasteiger partial charge in [0.15, 0.2) is 0 Å². The largest absolute Gasteiger partial charge is 0.305 e. The van der Waals surface area contributed by atoms with Crippen molar-refractivity contribution in [3.63, 3.8) is 0 Å². The summed E-state index contributed by atoms with van der Waals surface area (Å²) in [5.41, 5.74) is 0.595. The van der Waals surface area contributed by atoms with E-state index in [4.69, 9.17) is 0 Å². The zero-order valence-electron chi connectivity index (χ0n) is 14.1. The first-order valence-corrected chi connectivity index (χ1v) is 8.66. The number of benzene rings is 1. The molecule has 2 fully saturated rings. The highest BCUT2D eigenvalue weighted by atomic mass is 19.1. The molecule has 0 aromatic heterocycles. The van der Waals surface area contributed by atoms with Crippen LogP contribution in [-0.4, -0.2) is 67.1 Å². The molecule has 0 radical (unpaired) electrons. The lowest BCUT2D eigenvalue weighted by Gasteiger charge is -2.44. The summed E-state index contributed by atoms with van der Waals surface area (Å²) < 4.78 is 27.1. The molecule has 2 aliphatic rings. The zero-order chi connectivity index (χ0) is 16.4. The van der Waals surface area contributed by atoms with Crippen LogP contribution < -0.4 is 0 Å². The third kappa shape index (κ3) is 3.90. The highest BCUT2D eigenvalue weighted by molar-refractivity contribution is 5.22. The second kappa shape index (κ2) is 7.24. The molecule has 2 heterocycles. The minimum absolute atomic E-state index is 0.00761. The van der Waals surface area contributed by atoms with Crippen LogP contribution in [0.3, 0.4) is 0 Å². The van der Waals surface area contributed by atoms with E-state index in [1.807, 2.05) is 6.92 Å². The average Bonchev–Trinajstić information content (AvgIpc) is 2.54. The van der Waals surface area contributed by atoms with Crippen molar-refractivity contribution < 1.29 is 8.78 Å². The molecular formula is C18H27F2N3. The normalized spacial score (nSPS) is 26.3. The summed E-state index contributed by atoms with van der Waals surface area (Å²) in [7, 11) is 2.20. The van der Waals surface area contributed by atoms with Crippen molar-refractivity contribution >= 4 is 0 Å². The number of halogens is 2. The Bertz CT molecular complexity index is 529. The molecule has 2 saturated heterocycles. The smallest absolute Gasteiger partial charge is 0.130 e. The van der Waals surface area contributed by atoms with Crippen molar-refractivity contribution in [2.45, 2.75) is 31.8 Å². The number of nitrogens with zero attached hydrogens (tertiary/aromatic N) is 3. The van der Waals surface area contributed by atoms with Crippen molar-refractivity contribution in [2.75, 3.05) is 46.3 Å². The van der Waals surface area contributed by atoms with Crippen molar-refractivity contribution in [1.82, 2.24) is 14.7 Å². The number of hydrogen-bond donors (Lipinski definition) is 0. The van der Waals surface area contributed by atoms with Crippen LogP contribution in [-0.2, 0) is 0 Å². The Morgan fingerprint density at radius 2 is 1.83 bits per heavy atom. The molecular weight excluding hydrogens is 296 g/mol. The van der Waals surface area contributed by atoms with E-state index in [0.717, 1.165) is 38.8 Å². The summed E-state index contributed by atoms with van der Waals surface area (Å²) in [6.07, 6.45) is 2.56. The Labute approximate surface area is 137 Å². The molecule has 0 spiro atoms. The Balaban J connectivity index is 1.57. The molecule has 3 rings (SSSR count). The van der Waals surface area contributed by atoms with Gasteiger partial charge in [-0.05, 0) is 39.4 Å². The monoisotopic (exact) mass is 323 g/mol. The first-order chi connectivity index (χ1) is 11.0. The highest BCUT2D eigenvalue weighted by Crippen LogP contribution is 2.26. The van der Waals surface area contributed by atoms with Gasteiger partial charge < -0.3 is 4.90 Å². The van der Waals surface area contributed by atoms with Crippen LogP contribution in [0.25, 0.3) is 0 Å². The van der Waals surface area contributed by atoms with Crippen molar-refractivity contribution in [3.8, 4) is 0 Å². The molecule has 1 aromatic carbocycles. The molecule has 1 aromatic rings. The van der Waals surface area contributed by atoms with Gasteiger partial charge in [0.25, 0.3) is 0 Å². The maximum Gasteiger partial charge on any atom is 0.130 e. The van der Waals surface area contributed by atoms with Gasteiger partial charge in [-0.2, -0.15) is 0 Å². The number of rotatable bonds is 3. The summed E-state index contributed by atoms with van der Waals surface area (Å²) in [5, 5.41) is 0. The van der Waals surface area contributed by atoms with Crippen LogP contribution in [0.15, 0.2) is 18.2 Å². The maximum absolute atomic E-state index is 14.0. The molecule has 3 nitrogen and oxygen atoms in total. The molecule has 128 valence electrons. The molecule has 2 atom stereocenters. The number of hydrogen-bond acceptors (Lipinski definition) is 3. The van der Waals surface area contributed by atoms with Gasteiger partial charge >= 0.3 is 0 Å². The van der Waals surface area contributed by atoms with Gasteiger partial charge in [-0.3, -0.25) is 9.80 Å². The standard InChI is InChI=1S/C18H27F2N3/c1-14(17-6-5-15(19)12-18(17)20)22-8-10-23(11-9-22)16-4-3-7-21(2)13-16/h5-6,12,14,16H,3-4,7-11,13H2,1-2H3/t14-,16+/m1/s1. The first kappa shape index (κ1) is 16.8. The third-order valence-corrected chi connectivity index (χ3v) is 5.43. The van der Waals surface area contributed by atoms with Gasteiger partial charge in [0.1, 0.15) is 11.6 Å². The minimum Gasteiger partial charge on any atom is -0.305 e. The molecule has 2 aliphatic heterocycles. The summed E-state index contributed by atoms with van der Waals surface area (Å²) in [5.74, 6) is -0.946. The predicted molar refractivity (Wildman–Crippen MR) is 88.4 cm³/mol. The third-order valence-electron chi connectivity index (χ3n) is 5.43. The van der Waals surface area contributed by atoms with Gasteiger partial charge in [0.2, 0.25) is 0 Å². The van der Waals surface area contributed by atoms with E-state index in [2.05, 4.69) is 21.7 Å². The van der Waals surface area contributed by atoms with E-state index in [1.54, 1.807) is 6.07 Å².